The molecular formula is C13H16N4O2S2. The van der Waals surface area contributed by atoms with Crippen molar-refractivity contribution in [2.24, 2.45) is 0 Å². The van der Waals surface area contributed by atoms with Crippen LogP contribution in [0.25, 0.3) is 0 Å². The topological polar surface area (TPSA) is 68.2 Å². The molecule has 0 unspecified atom stereocenters. The summed E-state index contributed by atoms with van der Waals surface area (Å²) < 4.78 is 4.78. The molecule has 0 radical (unpaired) electrons. The number of hydrogen-bond donors (Lipinski definition) is 0. The summed E-state index contributed by atoms with van der Waals surface area (Å²) in [6.45, 7) is 4.81. The average Bonchev–Trinajstić information content (AvgIpc) is 3.16. The van der Waals surface area contributed by atoms with E-state index in [4.69, 9.17) is 4.74 Å². The second-order valence-electron chi connectivity index (χ2n) is 4.90. The van der Waals surface area contributed by atoms with Crippen molar-refractivity contribution in [3.63, 3.8) is 0 Å². The molecular weight excluding hydrogens is 308 g/mol. The molecule has 0 N–H and O–H groups in total. The van der Waals surface area contributed by atoms with Crippen LogP contribution in [-0.4, -0.2) is 34.8 Å². The highest BCUT2D eigenvalue weighted by Crippen LogP contribution is 2.39. The number of ether oxygens (including phenoxy) is 1. The summed E-state index contributed by atoms with van der Waals surface area (Å²) in [5, 5.41) is 11.2. The van der Waals surface area contributed by atoms with Gasteiger partial charge in [0, 0.05) is 11.4 Å². The van der Waals surface area contributed by atoms with Crippen LogP contribution < -0.4 is 4.90 Å². The fourth-order valence-electron chi connectivity index (χ4n) is 2.50. The minimum absolute atomic E-state index is 0.180. The molecule has 21 heavy (non-hydrogen) atoms. The molecule has 2 aromatic heterocycles. The van der Waals surface area contributed by atoms with E-state index in [9.17, 15) is 4.79 Å². The van der Waals surface area contributed by atoms with Gasteiger partial charge in [0.1, 0.15) is 10.0 Å². The van der Waals surface area contributed by atoms with Gasteiger partial charge in [-0.2, -0.15) is 0 Å². The molecule has 0 amide bonds. The molecule has 3 rings (SSSR count). The van der Waals surface area contributed by atoms with Gasteiger partial charge in [-0.3, -0.25) is 0 Å². The highest BCUT2D eigenvalue weighted by molar-refractivity contribution is 7.15. The Morgan fingerprint density at radius 1 is 1.33 bits per heavy atom. The van der Waals surface area contributed by atoms with Gasteiger partial charge in [0.2, 0.25) is 5.13 Å². The Balaban J connectivity index is 1.90. The number of carbonyl (C=O) groups excluding carboxylic acids is 1. The second kappa shape index (κ2) is 5.69. The summed E-state index contributed by atoms with van der Waals surface area (Å²) >= 11 is 3.16. The number of methoxy groups -OCH3 is 1. The van der Waals surface area contributed by atoms with Gasteiger partial charge in [0.25, 0.3) is 0 Å². The van der Waals surface area contributed by atoms with Crippen LogP contribution in [0, 0.1) is 13.8 Å². The van der Waals surface area contributed by atoms with E-state index in [0.717, 1.165) is 39.4 Å². The highest BCUT2D eigenvalue weighted by atomic mass is 32.1. The van der Waals surface area contributed by atoms with Gasteiger partial charge in [0.15, 0.2) is 5.69 Å². The standard InChI is InChI=1S/C13H16N4O2S2/c1-7-10(12(18)19-3)14-11(20-7)9-5-4-6-17(9)13-16-15-8(2)21-13/h9H,4-6H2,1-3H3/t9-/m1/s1. The number of rotatable bonds is 3. The molecule has 3 heterocycles. The SMILES string of the molecule is COC(=O)c1nc([C@H]2CCCN2c2nnc(C)s2)sc1C. The lowest BCUT2D eigenvalue weighted by atomic mass is 10.2. The predicted octanol–water partition coefficient (Wildman–Crippen LogP) is 2.74. The van der Waals surface area contributed by atoms with Crippen LogP contribution in [0.1, 0.15) is 44.3 Å². The Hall–Kier alpha value is -1.54. The first kappa shape index (κ1) is 14.4. The van der Waals surface area contributed by atoms with Crippen LogP contribution in [-0.2, 0) is 4.74 Å². The lowest BCUT2D eigenvalue weighted by Gasteiger charge is -2.21. The Labute approximate surface area is 130 Å². The number of esters is 1. The summed E-state index contributed by atoms with van der Waals surface area (Å²) in [6.07, 6.45) is 2.11. The zero-order valence-electron chi connectivity index (χ0n) is 12.1. The molecule has 0 spiro atoms. The Bertz CT molecular complexity index is 667. The number of carbonyl (C=O) groups is 1. The Morgan fingerprint density at radius 3 is 2.81 bits per heavy atom. The monoisotopic (exact) mass is 324 g/mol. The summed E-state index contributed by atoms with van der Waals surface area (Å²) in [5.74, 6) is -0.369. The largest absolute Gasteiger partial charge is 0.464 e. The minimum Gasteiger partial charge on any atom is -0.464 e. The zero-order valence-corrected chi connectivity index (χ0v) is 13.8. The second-order valence-corrected chi connectivity index (χ2v) is 7.30. The van der Waals surface area contributed by atoms with E-state index in [1.807, 2.05) is 13.8 Å². The third-order valence-electron chi connectivity index (χ3n) is 3.49. The fraction of sp³-hybridized carbons (Fsp3) is 0.538. The van der Waals surface area contributed by atoms with Crippen LogP contribution >= 0.6 is 22.7 Å². The van der Waals surface area contributed by atoms with Crippen LogP contribution in [0.5, 0.6) is 0 Å². The van der Waals surface area contributed by atoms with Crippen molar-refractivity contribution >= 4 is 33.8 Å². The first-order valence-corrected chi connectivity index (χ1v) is 8.36. The summed E-state index contributed by atoms with van der Waals surface area (Å²) in [6, 6.07) is 0.180. The van der Waals surface area contributed by atoms with Crippen molar-refractivity contribution in [3.8, 4) is 0 Å². The number of aromatic nitrogens is 3. The van der Waals surface area contributed by atoms with Crippen LogP contribution in [0.3, 0.4) is 0 Å². The van der Waals surface area contributed by atoms with Crippen molar-refractivity contribution in [1.29, 1.82) is 0 Å². The smallest absolute Gasteiger partial charge is 0.357 e. The molecule has 1 fully saturated rings. The molecule has 0 aromatic carbocycles. The zero-order chi connectivity index (χ0) is 15.0. The molecule has 1 saturated heterocycles. The van der Waals surface area contributed by atoms with Gasteiger partial charge >= 0.3 is 5.97 Å². The van der Waals surface area contributed by atoms with E-state index in [2.05, 4.69) is 20.1 Å². The van der Waals surface area contributed by atoms with Crippen LogP contribution in [0.15, 0.2) is 0 Å². The third kappa shape index (κ3) is 2.65. The molecule has 0 saturated carbocycles. The number of hydrogen-bond acceptors (Lipinski definition) is 8. The van der Waals surface area contributed by atoms with Gasteiger partial charge in [-0.25, -0.2) is 9.78 Å². The third-order valence-corrected chi connectivity index (χ3v) is 5.44. The number of thiazole rings is 1. The maximum Gasteiger partial charge on any atom is 0.357 e. The van der Waals surface area contributed by atoms with E-state index in [1.54, 1.807) is 22.7 Å². The Kier molecular flexibility index (Phi) is 3.90. The predicted molar refractivity (Wildman–Crippen MR) is 82.2 cm³/mol. The number of nitrogens with zero attached hydrogens (tertiary/aromatic N) is 4. The van der Waals surface area contributed by atoms with Crippen molar-refractivity contribution < 1.29 is 9.53 Å². The van der Waals surface area contributed by atoms with Gasteiger partial charge in [-0.1, -0.05) is 11.3 Å². The molecule has 1 aliphatic heterocycles. The molecule has 0 bridgehead atoms. The normalized spacial score (nSPS) is 18.2. The van der Waals surface area contributed by atoms with E-state index in [0.29, 0.717) is 5.69 Å². The van der Waals surface area contributed by atoms with Gasteiger partial charge in [0.05, 0.1) is 13.2 Å². The Morgan fingerprint density at radius 2 is 2.14 bits per heavy atom. The molecule has 2 aromatic rings. The molecule has 0 aliphatic carbocycles. The minimum atomic E-state index is -0.369. The highest BCUT2D eigenvalue weighted by Gasteiger charge is 2.32. The van der Waals surface area contributed by atoms with Gasteiger partial charge in [-0.05, 0) is 26.7 Å². The number of anilines is 1. The molecule has 1 atom stereocenters. The van der Waals surface area contributed by atoms with Crippen molar-refractivity contribution in [3.05, 3.63) is 20.6 Å². The number of aryl methyl sites for hydroxylation is 2. The lowest BCUT2D eigenvalue weighted by molar-refractivity contribution is 0.0594. The van der Waals surface area contributed by atoms with E-state index < -0.39 is 0 Å². The van der Waals surface area contributed by atoms with E-state index in [1.165, 1.54) is 7.11 Å². The van der Waals surface area contributed by atoms with Gasteiger partial charge in [-0.15, -0.1) is 21.5 Å². The summed E-state index contributed by atoms with van der Waals surface area (Å²) in [4.78, 5) is 19.3. The van der Waals surface area contributed by atoms with Crippen LogP contribution in [0.2, 0.25) is 0 Å². The molecule has 1 aliphatic rings. The van der Waals surface area contributed by atoms with Crippen molar-refractivity contribution in [2.45, 2.75) is 32.7 Å². The van der Waals surface area contributed by atoms with Crippen molar-refractivity contribution in [1.82, 2.24) is 15.2 Å². The quantitative estimate of drug-likeness (QED) is 0.809. The maximum atomic E-state index is 11.7. The summed E-state index contributed by atoms with van der Waals surface area (Å²) in [7, 11) is 1.38. The lowest BCUT2D eigenvalue weighted by Crippen LogP contribution is -2.22. The summed E-state index contributed by atoms with van der Waals surface area (Å²) in [5.41, 5.74) is 0.429. The fourth-order valence-corrected chi connectivity index (χ4v) is 4.32. The van der Waals surface area contributed by atoms with E-state index >= 15 is 0 Å². The maximum absolute atomic E-state index is 11.7. The van der Waals surface area contributed by atoms with Crippen molar-refractivity contribution in [2.75, 3.05) is 18.6 Å². The molecule has 112 valence electrons. The molecule has 6 nitrogen and oxygen atoms in total. The van der Waals surface area contributed by atoms with Gasteiger partial charge < -0.3 is 9.64 Å². The first-order chi connectivity index (χ1) is 10.1. The average molecular weight is 324 g/mol. The first-order valence-electron chi connectivity index (χ1n) is 6.72. The van der Waals surface area contributed by atoms with Crippen LogP contribution in [0.4, 0.5) is 5.13 Å². The van der Waals surface area contributed by atoms with E-state index in [-0.39, 0.29) is 12.0 Å². The molecule has 8 heteroatoms.